The quantitative estimate of drug-likeness (QED) is 0.651. The first-order valence-electron chi connectivity index (χ1n) is 6.19. The lowest BCUT2D eigenvalue weighted by atomic mass is 10.1. The van der Waals surface area contributed by atoms with Gasteiger partial charge in [-0.2, -0.15) is 0 Å². The van der Waals surface area contributed by atoms with Crippen LogP contribution in [0.2, 0.25) is 5.02 Å². The summed E-state index contributed by atoms with van der Waals surface area (Å²) in [4.78, 5) is 21.1. The molecule has 0 atom stereocenters. The van der Waals surface area contributed by atoms with Crippen molar-refractivity contribution >= 4 is 33.1 Å². The second kappa shape index (κ2) is 6.35. The van der Waals surface area contributed by atoms with Crippen molar-refractivity contribution in [3.8, 4) is 0 Å². The van der Waals surface area contributed by atoms with Gasteiger partial charge in [-0.15, -0.1) is 0 Å². The standard InChI is InChI=1S/C14H10ClNO6S/c15-11-3-5-12(6-4-11)23(21,22)8-10-2-1-9(14(17)18)7-13(10)16(19)20/h1-7H,8H2,(H,17,18). The molecule has 0 unspecified atom stereocenters. The molecule has 0 amide bonds. The Morgan fingerprint density at radius 1 is 1.17 bits per heavy atom. The van der Waals surface area contributed by atoms with Crippen LogP contribution in [0.25, 0.3) is 0 Å². The molecule has 2 rings (SSSR count). The van der Waals surface area contributed by atoms with Crippen molar-refractivity contribution < 1.29 is 23.2 Å². The molecule has 0 bridgehead atoms. The zero-order valence-corrected chi connectivity index (χ0v) is 13.0. The minimum Gasteiger partial charge on any atom is -0.478 e. The van der Waals surface area contributed by atoms with Crippen LogP contribution in [0.5, 0.6) is 0 Å². The monoisotopic (exact) mass is 355 g/mol. The Balaban J connectivity index is 2.44. The molecule has 0 aromatic heterocycles. The number of sulfone groups is 1. The number of hydrogen-bond acceptors (Lipinski definition) is 5. The highest BCUT2D eigenvalue weighted by Gasteiger charge is 2.23. The number of nitro benzene ring substituents is 1. The molecule has 0 aliphatic heterocycles. The fourth-order valence-electron chi connectivity index (χ4n) is 1.92. The van der Waals surface area contributed by atoms with Gasteiger partial charge in [-0.05, 0) is 30.3 Å². The molecular formula is C14H10ClNO6S. The summed E-state index contributed by atoms with van der Waals surface area (Å²) in [5.74, 6) is -1.95. The van der Waals surface area contributed by atoms with E-state index in [2.05, 4.69) is 0 Å². The van der Waals surface area contributed by atoms with Crippen LogP contribution in [0.4, 0.5) is 5.69 Å². The van der Waals surface area contributed by atoms with Gasteiger partial charge in [-0.1, -0.05) is 17.7 Å². The number of carbonyl (C=O) groups is 1. The first kappa shape index (κ1) is 16.9. The molecule has 120 valence electrons. The van der Waals surface area contributed by atoms with E-state index in [9.17, 15) is 23.3 Å². The molecule has 23 heavy (non-hydrogen) atoms. The van der Waals surface area contributed by atoms with Crippen LogP contribution in [0.15, 0.2) is 47.4 Å². The normalized spacial score (nSPS) is 11.2. The topological polar surface area (TPSA) is 115 Å². The van der Waals surface area contributed by atoms with Crippen molar-refractivity contribution in [2.75, 3.05) is 0 Å². The van der Waals surface area contributed by atoms with Gasteiger partial charge in [0.2, 0.25) is 0 Å². The van der Waals surface area contributed by atoms with E-state index < -0.39 is 32.2 Å². The maximum absolute atomic E-state index is 12.3. The number of carboxylic acids is 1. The predicted molar refractivity (Wildman–Crippen MR) is 82.4 cm³/mol. The van der Waals surface area contributed by atoms with Crippen LogP contribution >= 0.6 is 11.6 Å². The minimum atomic E-state index is -3.83. The highest BCUT2D eigenvalue weighted by atomic mass is 35.5. The Hall–Kier alpha value is -2.45. The summed E-state index contributed by atoms with van der Waals surface area (Å²) in [5, 5.41) is 20.3. The molecule has 2 aromatic carbocycles. The summed E-state index contributed by atoms with van der Waals surface area (Å²) < 4.78 is 24.6. The second-order valence-corrected chi connectivity index (χ2v) is 7.04. The molecule has 0 saturated carbocycles. The van der Waals surface area contributed by atoms with E-state index in [1.165, 1.54) is 24.3 Å². The zero-order valence-electron chi connectivity index (χ0n) is 11.5. The van der Waals surface area contributed by atoms with E-state index in [-0.39, 0.29) is 16.0 Å². The number of halogens is 1. The van der Waals surface area contributed by atoms with Gasteiger partial charge in [0.25, 0.3) is 5.69 Å². The molecule has 2 aromatic rings. The van der Waals surface area contributed by atoms with Crippen molar-refractivity contribution in [3.05, 3.63) is 68.7 Å². The summed E-state index contributed by atoms with van der Waals surface area (Å²) >= 11 is 5.70. The molecule has 9 heteroatoms. The van der Waals surface area contributed by atoms with E-state index in [1.54, 1.807) is 0 Å². The number of rotatable bonds is 5. The van der Waals surface area contributed by atoms with Crippen molar-refractivity contribution in [1.29, 1.82) is 0 Å². The van der Waals surface area contributed by atoms with Crippen molar-refractivity contribution in [2.24, 2.45) is 0 Å². The fraction of sp³-hybridized carbons (Fsp3) is 0.0714. The van der Waals surface area contributed by atoms with E-state index in [4.69, 9.17) is 16.7 Å². The Kier molecular flexibility index (Phi) is 4.67. The maximum atomic E-state index is 12.3. The van der Waals surface area contributed by atoms with Crippen LogP contribution in [-0.2, 0) is 15.6 Å². The average molecular weight is 356 g/mol. The first-order valence-corrected chi connectivity index (χ1v) is 8.22. The summed E-state index contributed by atoms with van der Waals surface area (Å²) in [7, 11) is -3.83. The molecule has 0 spiro atoms. The van der Waals surface area contributed by atoms with Gasteiger partial charge < -0.3 is 5.11 Å². The van der Waals surface area contributed by atoms with E-state index in [0.29, 0.717) is 5.02 Å². The summed E-state index contributed by atoms with van der Waals surface area (Å²) in [6.45, 7) is 0. The number of carboxylic acid groups (broad SMARTS) is 1. The molecule has 0 radical (unpaired) electrons. The zero-order chi connectivity index (χ0) is 17.2. The number of benzene rings is 2. The molecule has 0 saturated heterocycles. The third-order valence-electron chi connectivity index (χ3n) is 3.05. The van der Waals surface area contributed by atoms with Crippen molar-refractivity contribution in [3.63, 3.8) is 0 Å². The lowest BCUT2D eigenvalue weighted by molar-refractivity contribution is -0.385. The van der Waals surface area contributed by atoms with Gasteiger partial charge in [-0.3, -0.25) is 10.1 Å². The second-order valence-electron chi connectivity index (χ2n) is 4.62. The molecule has 0 fully saturated rings. The van der Waals surface area contributed by atoms with Gasteiger partial charge in [0.05, 0.1) is 21.1 Å². The van der Waals surface area contributed by atoms with Crippen LogP contribution in [0.1, 0.15) is 15.9 Å². The van der Waals surface area contributed by atoms with Crippen molar-refractivity contribution in [2.45, 2.75) is 10.6 Å². The van der Waals surface area contributed by atoms with Gasteiger partial charge >= 0.3 is 5.97 Å². The predicted octanol–water partition coefficient (Wildman–Crippen LogP) is 2.92. The van der Waals surface area contributed by atoms with E-state index in [1.807, 2.05) is 0 Å². The highest BCUT2D eigenvalue weighted by molar-refractivity contribution is 7.90. The van der Waals surface area contributed by atoms with E-state index in [0.717, 1.165) is 18.2 Å². The first-order chi connectivity index (χ1) is 10.7. The smallest absolute Gasteiger partial charge is 0.335 e. The van der Waals surface area contributed by atoms with Gasteiger partial charge in [0.15, 0.2) is 9.84 Å². The largest absolute Gasteiger partial charge is 0.478 e. The Bertz CT molecular complexity index is 877. The Morgan fingerprint density at radius 3 is 2.30 bits per heavy atom. The number of aromatic carboxylic acids is 1. The van der Waals surface area contributed by atoms with Gasteiger partial charge in [-0.25, -0.2) is 13.2 Å². The fourth-order valence-corrected chi connectivity index (χ4v) is 3.42. The molecule has 0 aliphatic rings. The third kappa shape index (κ3) is 3.85. The Labute approximate surface area is 136 Å². The van der Waals surface area contributed by atoms with Crippen LogP contribution < -0.4 is 0 Å². The van der Waals surface area contributed by atoms with Crippen LogP contribution in [0, 0.1) is 10.1 Å². The maximum Gasteiger partial charge on any atom is 0.335 e. The summed E-state index contributed by atoms with van der Waals surface area (Å²) in [6, 6.07) is 8.50. The number of hydrogen-bond donors (Lipinski definition) is 1. The van der Waals surface area contributed by atoms with Crippen molar-refractivity contribution in [1.82, 2.24) is 0 Å². The van der Waals surface area contributed by atoms with Gasteiger partial charge in [0.1, 0.15) is 0 Å². The SMILES string of the molecule is O=C(O)c1ccc(CS(=O)(=O)c2ccc(Cl)cc2)c([N+](=O)[O-])c1. The minimum absolute atomic E-state index is 0.0292. The van der Waals surface area contributed by atoms with Gasteiger partial charge in [0, 0.05) is 16.7 Å². The van der Waals surface area contributed by atoms with E-state index >= 15 is 0 Å². The average Bonchev–Trinajstić information content (AvgIpc) is 2.47. The number of nitro groups is 1. The Morgan fingerprint density at radius 2 is 1.78 bits per heavy atom. The number of nitrogens with zero attached hydrogens (tertiary/aromatic N) is 1. The van der Waals surface area contributed by atoms with Crippen LogP contribution in [-0.4, -0.2) is 24.4 Å². The third-order valence-corrected chi connectivity index (χ3v) is 4.98. The highest BCUT2D eigenvalue weighted by Crippen LogP contribution is 2.26. The molecule has 0 aliphatic carbocycles. The summed E-state index contributed by atoms with van der Waals surface area (Å²) in [6.07, 6.45) is 0. The molecule has 7 nitrogen and oxygen atoms in total. The molecule has 0 heterocycles. The lowest BCUT2D eigenvalue weighted by Crippen LogP contribution is -2.08. The summed E-state index contributed by atoms with van der Waals surface area (Å²) in [5.41, 5.74) is -0.929. The lowest BCUT2D eigenvalue weighted by Gasteiger charge is -2.06. The molecule has 1 N–H and O–H groups in total. The van der Waals surface area contributed by atoms with Crippen LogP contribution in [0.3, 0.4) is 0 Å². The molecular weight excluding hydrogens is 346 g/mol.